The number of rotatable bonds is 6. The van der Waals surface area contributed by atoms with E-state index >= 15 is 0 Å². The Hall–Kier alpha value is -1.02. The number of anilines is 1. The van der Waals surface area contributed by atoms with Gasteiger partial charge in [0.05, 0.1) is 6.61 Å². The maximum Gasteiger partial charge on any atom is 0.0639 e. The van der Waals surface area contributed by atoms with Crippen LogP contribution in [-0.4, -0.2) is 19.8 Å². The zero-order valence-electron chi connectivity index (χ0n) is 11.5. The summed E-state index contributed by atoms with van der Waals surface area (Å²) < 4.78 is 5.77. The van der Waals surface area contributed by atoms with Crippen molar-refractivity contribution in [2.24, 2.45) is 5.92 Å². The lowest BCUT2D eigenvalue weighted by Gasteiger charge is -2.21. The first-order valence-electron chi connectivity index (χ1n) is 7.23. The van der Waals surface area contributed by atoms with E-state index in [-0.39, 0.29) is 0 Å². The van der Waals surface area contributed by atoms with Gasteiger partial charge in [-0.1, -0.05) is 37.5 Å². The van der Waals surface area contributed by atoms with Gasteiger partial charge in [0.15, 0.2) is 0 Å². The summed E-state index contributed by atoms with van der Waals surface area (Å²) in [6.07, 6.45) is 6.95. The molecule has 1 fully saturated rings. The number of nitrogens with one attached hydrogen (secondary N) is 1. The molecule has 0 aromatic heterocycles. The van der Waals surface area contributed by atoms with E-state index in [1.165, 1.54) is 43.4 Å². The number of ether oxygens (including phenoxy) is 1. The van der Waals surface area contributed by atoms with Crippen molar-refractivity contribution in [1.29, 1.82) is 0 Å². The van der Waals surface area contributed by atoms with Gasteiger partial charge in [-0.25, -0.2) is 0 Å². The zero-order valence-corrected chi connectivity index (χ0v) is 11.5. The van der Waals surface area contributed by atoms with E-state index < -0.39 is 0 Å². The summed E-state index contributed by atoms with van der Waals surface area (Å²) in [5.74, 6) is 0.817. The van der Waals surface area contributed by atoms with Gasteiger partial charge in [-0.3, -0.25) is 0 Å². The minimum absolute atomic E-state index is 0.810. The van der Waals surface area contributed by atoms with Gasteiger partial charge >= 0.3 is 0 Å². The van der Waals surface area contributed by atoms with Crippen LogP contribution in [0.2, 0.25) is 0 Å². The van der Waals surface area contributed by atoms with Crippen LogP contribution in [0.25, 0.3) is 0 Å². The number of para-hydroxylation sites is 1. The van der Waals surface area contributed by atoms with Crippen molar-refractivity contribution in [1.82, 2.24) is 0 Å². The molecular formula is C16H25NO. The number of hydrogen-bond acceptors (Lipinski definition) is 2. The van der Waals surface area contributed by atoms with Crippen LogP contribution in [0.5, 0.6) is 0 Å². The van der Waals surface area contributed by atoms with Crippen molar-refractivity contribution >= 4 is 5.69 Å². The number of aryl methyl sites for hydroxylation is 1. The average Bonchev–Trinajstić information content (AvgIpc) is 2.42. The first kappa shape index (κ1) is 13.4. The molecule has 1 aliphatic rings. The molecule has 1 aromatic rings. The summed E-state index contributed by atoms with van der Waals surface area (Å²) in [6.45, 7) is 4.79. The molecule has 2 rings (SSSR count). The third-order valence-corrected chi connectivity index (χ3v) is 3.79. The highest BCUT2D eigenvalue weighted by atomic mass is 16.5. The molecular weight excluding hydrogens is 222 g/mol. The monoisotopic (exact) mass is 247 g/mol. The lowest BCUT2D eigenvalue weighted by atomic mass is 9.90. The highest BCUT2D eigenvalue weighted by Gasteiger charge is 2.12. The minimum atomic E-state index is 0.810. The van der Waals surface area contributed by atoms with E-state index in [1.54, 1.807) is 0 Å². The Bertz CT molecular complexity index is 345. The van der Waals surface area contributed by atoms with Gasteiger partial charge in [0.2, 0.25) is 0 Å². The van der Waals surface area contributed by atoms with Gasteiger partial charge in [0.25, 0.3) is 0 Å². The second kappa shape index (κ2) is 7.42. The summed E-state index contributed by atoms with van der Waals surface area (Å²) in [5.41, 5.74) is 2.52. The van der Waals surface area contributed by atoms with Gasteiger partial charge < -0.3 is 10.1 Å². The summed E-state index contributed by atoms with van der Waals surface area (Å²) in [4.78, 5) is 0. The normalized spacial score (nSPS) is 16.7. The van der Waals surface area contributed by atoms with Crippen LogP contribution in [0.15, 0.2) is 24.3 Å². The lowest BCUT2D eigenvalue weighted by molar-refractivity contribution is 0.0924. The maximum atomic E-state index is 5.77. The van der Waals surface area contributed by atoms with Gasteiger partial charge in [0.1, 0.15) is 0 Å². The van der Waals surface area contributed by atoms with Crippen molar-refractivity contribution in [3.8, 4) is 0 Å². The third kappa shape index (κ3) is 4.34. The average molecular weight is 247 g/mol. The van der Waals surface area contributed by atoms with Crippen molar-refractivity contribution in [3.05, 3.63) is 29.8 Å². The molecule has 0 heterocycles. The molecule has 1 aliphatic carbocycles. The Labute approximate surface area is 111 Å². The molecule has 0 radical (unpaired) electrons. The van der Waals surface area contributed by atoms with E-state index in [0.29, 0.717) is 0 Å². The topological polar surface area (TPSA) is 21.3 Å². The smallest absolute Gasteiger partial charge is 0.0639 e. The lowest BCUT2D eigenvalue weighted by Crippen LogP contribution is -2.17. The molecule has 2 nitrogen and oxygen atoms in total. The fourth-order valence-electron chi connectivity index (χ4n) is 2.63. The van der Waals surface area contributed by atoms with Crippen molar-refractivity contribution in [2.75, 3.05) is 25.1 Å². The molecule has 18 heavy (non-hydrogen) atoms. The van der Waals surface area contributed by atoms with Crippen LogP contribution in [0.3, 0.4) is 0 Å². The summed E-state index contributed by atoms with van der Waals surface area (Å²) in [7, 11) is 0. The molecule has 1 aromatic carbocycles. The maximum absolute atomic E-state index is 5.77. The molecule has 0 saturated heterocycles. The molecule has 100 valence electrons. The highest BCUT2D eigenvalue weighted by Crippen LogP contribution is 2.23. The second-order valence-electron chi connectivity index (χ2n) is 5.32. The van der Waals surface area contributed by atoms with Gasteiger partial charge in [-0.05, 0) is 37.3 Å². The molecule has 1 N–H and O–H groups in total. The Morgan fingerprint density at radius 3 is 2.72 bits per heavy atom. The summed E-state index contributed by atoms with van der Waals surface area (Å²) in [6, 6.07) is 8.39. The molecule has 0 atom stereocenters. The molecule has 0 unspecified atom stereocenters. The van der Waals surface area contributed by atoms with E-state index in [9.17, 15) is 0 Å². The Morgan fingerprint density at radius 1 is 1.17 bits per heavy atom. The van der Waals surface area contributed by atoms with Gasteiger partial charge in [0, 0.05) is 18.8 Å². The quantitative estimate of drug-likeness (QED) is 0.767. The van der Waals surface area contributed by atoms with E-state index in [2.05, 4.69) is 36.5 Å². The predicted molar refractivity (Wildman–Crippen MR) is 77.1 cm³/mol. The first-order chi connectivity index (χ1) is 8.86. The van der Waals surface area contributed by atoms with Crippen LogP contribution < -0.4 is 5.32 Å². The zero-order chi connectivity index (χ0) is 12.6. The minimum Gasteiger partial charge on any atom is -0.383 e. The summed E-state index contributed by atoms with van der Waals surface area (Å²) >= 11 is 0. The Morgan fingerprint density at radius 2 is 1.94 bits per heavy atom. The predicted octanol–water partition coefficient (Wildman–Crippen LogP) is 4.00. The summed E-state index contributed by atoms with van der Waals surface area (Å²) in [5, 5.41) is 3.43. The van der Waals surface area contributed by atoms with Crippen molar-refractivity contribution in [3.63, 3.8) is 0 Å². The van der Waals surface area contributed by atoms with Crippen LogP contribution >= 0.6 is 0 Å². The fourth-order valence-corrected chi connectivity index (χ4v) is 2.63. The molecule has 0 spiro atoms. The molecule has 1 saturated carbocycles. The Kier molecular flexibility index (Phi) is 5.53. The largest absolute Gasteiger partial charge is 0.383 e. The molecule has 0 amide bonds. The van der Waals surface area contributed by atoms with Gasteiger partial charge in [-0.2, -0.15) is 0 Å². The number of benzene rings is 1. The second-order valence-corrected chi connectivity index (χ2v) is 5.32. The van der Waals surface area contributed by atoms with Crippen LogP contribution in [0, 0.1) is 12.8 Å². The highest BCUT2D eigenvalue weighted by molar-refractivity contribution is 5.50. The standard InChI is InChI=1S/C16H25NO/c1-14-7-5-6-10-16(14)17-11-12-18-13-15-8-3-2-4-9-15/h5-7,10,15,17H,2-4,8-9,11-13H2,1H3. The van der Waals surface area contributed by atoms with Crippen LogP contribution in [0.4, 0.5) is 5.69 Å². The van der Waals surface area contributed by atoms with Gasteiger partial charge in [-0.15, -0.1) is 0 Å². The van der Waals surface area contributed by atoms with Crippen LogP contribution in [0.1, 0.15) is 37.7 Å². The SMILES string of the molecule is Cc1ccccc1NCCOCC1CCCCC1. The molecule has 0 aliphatic heterocycles. The fraction of sp³-hybridized carbons (Fsp3) is 0.625. The van der Waals surface area contributed by atoms with Crippen LogP contribution in [-0.2, 0) is 4.74 Å². The van der Waals surface area contributed by atoms with Crippen molar-refractivity contribution < 1.29 is 4.74 Å². The van der Waals surface area contributed by atoms with E-state index in [0.717, 1.165) is 25.7 Å². The first-order valence-corrected chi connectivity index (χ1v) is 7.23. The third-order valence-electron chi connectivity index (χ3n) is 3.79. The van der Waals surface area contributed by atoms with Crippen molar-refractivity contribution in [2.45, 2.75) is 39.0 Å². The Balaban J connectivity index is 1.57. The number of hydrogen-bond donors (Lipinski definition) is 1. The van der Waals surface area contributed by atoms with E-state index in [1.807, 2.05) is 0 Å². The van der Waals surface area contributed by atoms with E-state index in [4.69, 9.17) is 4.74 Å². The molecule has 2 heteroatoms. The molecule has 0 bridgehead atoms.